The molecule has 1 aromatic heterocycles. The van der Waals surface area contributed by atoms with Crippen LogP contribution < -0.4 is 5.32 Å². The van der Waals surface area contributed by atoms with Crippen molar-refractivity contribution in [2.24, 2.45) is 0 Å². The highest BCUT2D eigenvalue weighted by atomic mass is 79.9. The lowest BCUT2D eigenvalue weighted by Crippen LogP contribution is -2.22. The van der Waals surface area contributed by atoms with Gasteiger partial charge in [0, 0.05) is 15.1 Å². The third-order valence-corrected chi connectivity index (χ3v) is 4.98. The number of amides is 1. The topological polar surface area (TPSA) is 42.0 Å². The normalized spacial score (nSPS) is 12.0. The van der Waals surface area contributed by atoms with Crippen LogP contribution in [0.5, 0.6) is 0 Å². The summed E-state index contributed by atoms with van der Waals surface area (Å²) in [5.41, 5.74) is 0.736. The summed E-state index contributed by atoms with van der Waals surface area (Å²) in [5, 5.41) is 3.96. The van der Waals surface area contributed by atoms with Crippen molar-refractivity contribution in [3.8, 4) is 0 Å². The molecule has 0 fully saturated rings. The van der Waals surface area contributed by atoms with Gasteiger partial charge in [0.15, 0.2) is 0 Å². The van der Waals surface area contributed by atoms with E-state index in [9.17, 15) is 4.79 Å². The Labute approximate surface area is 149 Å². The first-order valence-electron chi connectivity index (χ1n) is 6.00. The highest BCUT2D eigenvalue weighted by Crippen LogP contribution is 2.28. The number of thioether (sulfide) groups is 1. The van der Waals surface area contributed by atoms with Crippen LogP contribution in [0.3, 0.4) is 0 Å². The molecule has 0 aliphatic heterocycles. The Morgan fingerprint density at radius 3 is 2.71 bits per heavy atom. The van der Waals surface area contributed by atoms with Crippen molar-refractivity contribution in [3.63, 3.8) is 0 Å². The summed E-state index contributed by atoms with van der Waals surface area (Å²) in [6, 6.07) is 9.15. The van der Waals surface area contributed by atoms with Gasteiger partial charge in [-0.15, -0.1) is 0 Å². The molecule has 0 radical (unpaired) electrons. The fourth-order valence-electron chi connectivity index (χ4n) is 1.49. The molecule has 21 heavy (non-hydrogen) atoms. The van der Waals surface area contributed by atoms with Gasteiger partial charge in [-0.1, -0.05) is 39.3 Å². The van der Waals surface area contributed by atoms with Crippen LogP contribution in [-0.4, -0.2) is 16.1 Å². The first-order valence-corrected chi connectivity index (χ1v) is 8.84. The Morgan fingerprint density at radius 2 is 2.10 bits per heavy atom. The quantitative estimate of drug-likeness (QED) is 0.636. The van der Waals surface area contributed by atoms with Crippen LogP contribution in [0.2, 0.25) is 5.02 Å². The molecule has 0 saturated heterocycles. The molecule has 2 aromatic rings. The van der Waals surface area contributed by atoms with E-state index in [2.05, 4.69) is 42.2 Å². The average Bonchev–Trinajstić information content (AvgIpc) is 2.44. The fraction of sp³-hybridized carbons (Fsp3) is 0.143. The van der Waals surface area contributed by atoms with Gasteiger partial charge in [-0.05, 0) is 53.2 Å². The maximum Gasteiger partial charge on any atom is 0.237 e. The maximum atomic E-state index is 12.2. The number of nitrogens with one attached hydrogen (secondary N) is 1. The van der Waals surface area contributed by atoms with Crippen molar-refractivity contribution in [3.05, 3.63) is 50.5 Å². The zero-order chi connectivity index (χ0) is 15.4. The van der Waals surface area contributed by atoms with Gasteiger partial charge >= 0.3 is 0 Å². The predicted molar refractivity (Wildman–Crippen MR) is 95.0 cm³/mol. The number of carbonyl (C=O) groups excluding carboxylic acids is 1. The van der Waals surface area contributed by atoms with Crippen molar-refractivity contribution < 1.29 is 4.79 Å². The molecule has 0 aliphatic carbocycles. The zero-order valence-corrected chi connectivity index (χ0v) is 15.7. The summed E-state index contributed by atoms with van der Waals surface area (Å²) in [5.74, 6) is -0.0835. The lowest BCUT2D eigenvalue weighted by Gasteiger charge is -2.12. The SMILES string of the molecule is CC(Sc1ccc(Cl)cn1)C(=O)Nc1ccc(Br)cc1Br. The van der Waals surface area contributed by atoms with Crippen LogP contribution in [0, 0.1) is 0 Å². The van der Waals surface area contributed by atoms with Gasteiger partial charge in [0.1, 0.15) is 0 Å². The van der Waals surface area contributed by atoms with E-state index in [1.165, 1.54) is 11.8 Å². The number of nitrogens with zero attached hydrogens (tertiary/aromatic N) is 1. The first-order chi connectivity index (χ1) is 9.95. The highest BCUT2D eigenvalue weighted by molar-refractivity contribution is 9.11. The molecule has 1 atom stereocenters. The minimum Gasteiger partial charge on any atom is -0.324 e. The number of benzene rings is 1. The summed E-state index contributed by atoms with van der Waals surface area (Å²) in [7, 11) is 0. The van der Waals surface area contributed by atoms with Gasteiger partial charge in [-0.25, -0.2) is 4.98 Å². The van der Waals surface area contributed by atoms with Crippen molar-refractivity contribution >= 4 is 66.8 Å². The van der Waals surface area contributed by atoms with E-state index in [1.54, 1.807) is 18.3 Å². The molecule has 1 heterocycles. The molecule has 1 N–H and O–H groups in total. The minimum absolute atomic E-state index is 0.0835. The molecule has 7 heteroatoms. The molecule has 1 unspecified atom stereocenters. The molecule has 1 aromatic carbocycles. The molecule has 0 bridgehead atoms. The number of carbonyl (C=O) groups is 1. The van der Waals surface area contributed by atoms with Crippen molar-refractivity contribution in [2.75, 3.05) is 5.32 Å². The van der Waals surface area contributed by atoms with Crippen LogP contribution in [0.15, 0.2) is 50.5 Å². The average molecular weight is 451 g/mol. The third-order valence-electron chi connectivity index (χ3n) is 2.56. The largest absolute Gasteiger partial charge is 0.324 e. The summed E-state index contributed by atoms with van der Waals surface area (Å²) in [6.07, 6.45) is 1.57. The van der Waals surface area contributed by atoms with E-state index >= 15 is 0 Å². The second kappa shape index (κ2) is 7.63. The van der Waals surface area contributed by atoms with E-state index in [1.807, 2.05) is 25.1 Å². The lowest BCUT2D eigenvalue weighted by atomic mass is 10.3. The third kappa shape index (κ3) is 4.98. The Bertz CT molecular complexity index is 652. The maximum absolute atomic E-state index is 12.2. The molecule has 1 amide bonds. The van der Waals surface area contributed by atoms with Crippen molar-refractivity contribution in [2.45, 2.75) is 17.2 Å². The molecule has 0 saturated carbocycles. The Morgan fingerprint density at radius 1 is 1.33 bits per heavy atom. The molecule has 3 nitrogen and oxygen atoms in total. The standard InChI is InChI=1S/C14H11Br2ClN2OS/c1-8(21-13-5-3-10(17)7-18-13)14(20)19-12-4-2-9(15)6-11(12)16/h2-8H,1H3,(H,19,20). The smallest absolute Gasteiger partial charge is 0.237 e. The van der Waals surface area contributed by atoms with Crippen LogP contribution >= 0.6 is 55.2 Å². The number of halogens is 3. The van der Waals surface area contributed by atoms with Crippen LogP contribution in [0.25, 0.3) is 0 Å². The number of anilines is 1. The number of rotatable bonds is 4. The van der Waals surface area contributed by atoms with E-state index in [0.29, 0.717) is 5.02 Å². The summed E-state index contributed by atoms with van der Waals surface area (Å²) in [6.45, 7) is 1.84. The van der Waals surface area contributed by atoms with E-state index in [-0.39, 0.29) is 11.2 Å². The van der Waals surface area contributed by atoms with Crippen LogP contribution in [-0.2, 0) is 4.79 Å². The van der Waals surface area contributed by atoms with Crippen molar-refractivity contribution in [1.82, 2.24) is 4.98 Å². The molecule has 2 rings (SSSR count). The zero-order valence-electron chi connectivity index (χ0n) is 10.9. The monoisotopic (exact) mass is 448 g/mol. The van der Waals surface area contributed by atoms with Gasteiger partial charge in [-0.2, -0.15) is 0 Å². The summed E-state index contributed by atoms with van der Waals surface area (Å²) in [4.78, 5) is 16.4. The Kier molecular flexibility index (Phi) is 6.10. The molecular formula is C14H11Br2ClN2OS. The van der Waals surface area contributed by atoms with Gasteiger partial charge in [0.2, 0.25) is 5.91 Å². The van der Waals surface area contributed by atoms with Gasteiger partial charge in [0.25, 0.3) is 0 Å². The van der Waals surface area contributed by atoms with Gasteiger partial charge in [0.05, 0.1) is 21.0 Å². The predicted octanol–water partition coefficient (Wildman–Crippen LogP) is 5.38. The van der Waals surface area contributed by atoms with Gasteiger partial charge < -0.3 is 5.32 Å². The summed E-state index contributed by atoms with van der Waals surface area (Å²) < 4.78 is 1.77. The first kappa shape index (κ1) is 16.8. The van der Waals surface area contributed by atoms with E-state index < -0.39 is 0 Å². The van der Waals surface area contributed by atoms with Crippen LogP contribution in [0.4, 0.5) is 5.69 Å². The number of aromatic nitrogens is 1. The Balaban J connectivity index is 2.00. The number of hydrogen-bond donors (Lipinski definition) is 1. The minimum atomic E-state index is -0.269. The Hall–Kier alpha value is -0.560. The molecule has 0 spiro atoms. The van der Waals surface area contributed by atoms with Crippen LogP contribution in [0.1, 0.15) is 6.92 Å². The fourth-order valence-corrected chi connectivity index (χ4v) is 3.54. The van der Waals surface area contributed by atoms with Crippen molar-refractivity contribution in [1.29, 1.82) is 0 Å². The van der Waals surface area contributed by atoms with E-state index in [4.69, 9.17) is 11.6 Å². The number of hydrogen-bond acceptors (Lipinski definition) is 3. The second-order valence-electron chi connectivity index (χ2n) is 4.19. The second-order valence-corrected chi connectivity index (χ2v) is 7.76. The highest BCUT2D eigenvalue weighted by Gasteiger charge is 2.16. The summed E-state index contributed by atoms with van der Waals surface area (Å²) >= 11 is 14.0. The molecule has 0 aliphatic rings. The molecule has 110 valence electrons. The van der Waals surface area contributed by atoms with E-state index in [0.717, 1.165) is 19.7 Å². The molecular weight excluding hydrogens is 439 g/mol. The number of pyridine rings is 1. The lowest BCUT2D eigenvalue weighted by molar-refractivity contribution is -0.115. The van der Waals surface area contributed by atoms with Gasteiger partial charge in [-0.3, -0.25) is 4.79 Å².